The van der Waals surface area contributed by atoms with Gasteiger partial charge in [-0.15, -0.1) is 0 Å². The van der Waals surface area contributed by atoms with Crippen molar-refractivity contribution >= 4 is 28.5 Å². The predicted molar refractivity (Wildman–Crippen MR) is 82.7 cm³/mol. The van der Waals surface area contributed by atoms with Gasteiger partial charge in [0.25, 0.3) is 0 Å². The van der Waals surface area contributed by atoms with Gasteiger partial charge in [-0.1, -0.05) is 24.3 Å². The second-order valence-corrected chi connectivity index (χ2v) is 5.77. The highest BCUT2D eigenvalue weighted by Crippen LogP contribution is 2.38. The molecule has 0 amide bonds. The maximum Gasteiger partial charge on any atom is 0.244 e. The van der Waals surface area contributed by atoms with Gasteiger partial charge in [0.15, 0.2) is 0 Å². The molecular weight excluding hydrogens is 232 g/mol. The van der Waals surface area contributed by atoms with Crippen LogP contribution in [0.5, 0.6) is 0 Å². The Morgan fingerprint density at radius 1 is 0.947 bits per heavy atom. The molecule has 0 atom stereocenters. The third-order valence-corrected chi connectivity index (χ3v) is 3.78. The first-order chi connectivity index (χ1) is 9.09. The molecule has 0 spiro atoms. The van der Waals surface area contributed by atoms with E-state index in [1.807, 2.05) is 0 Å². The van der Waals surface area contributed by atoms with Crippen molar-refractivity contribution < 1.29 is 4.58 Å². The van der Waals surface area contributed by atoms with Gasteiger partial charge in [0, 0.05) is 0 Å². The average Bonchev–Trinajstić information content (AvgIpc) is 2.39. The quantitative estimate of drug-likeness (QED) is 0.729. The SMILES string of the molecule is CC(C)N1C=[N+](C(C)C)c2cccc3cccc1c23. The normalized spacial score (nSPS) is 14.4. The molecule has 0 fully saturated rings. The van der Waals surface area contributed by atoms with Crippen LogP contribution in [-0.2, 0) is 0 Å². The largest absolute Gasteiger partial charge is 0.244 e. The Hall–Kier alpha value is -1.83. The standard InChI is InChI=1S/C17H21N2/c1-12(2)18-11-19(13(3)4)16-10-6-8-14-7-5-9-15(18)17(14)16/h5-13H,1-4H3/q+1. The van der Waals surface area contributed by atoms with Gasteiger partial charge in [-0.25, -0.2) is 9.48 Å². The van der Waals surface area contributed by atoms with Gasteiger partial charge in [0.1, 0.15) is 11.4 Å². The minimum absolute atomic E-state index is 0.459. The van der Waals surface area contributed by atoms with Crippen LogP contribution in [0.1, 0.15) is 27.7 Å². The zero-order valence-corrected chi connectivity index (χ0v) is 12.1. The minimum atomic E-state index is 0.459. The van der Waals surface area contributed by atoms with Gasteiger partial charge < -0.3 is 0 Å². The molecule has 1 aliphatic rings. The Kier molecular flexibility index (Phi) is 2.81. The summed E-state index contributed by atoms with van der Waals surface area (Å²) in [5, 5.41) is 2.69. The van der Waals surface area contributed by atoms with Crippen molar-refractivity contribution in [1.82, 2.24) is 0 Å². The van der Waals surface area contributed by atoms with Gasteiger partial charge in [0.2, 0.25) is 6.34 Å². The van der Waals surface area contributed by atoms with Crippen LogP contribution in [0.15, 0.2) is 36.4 Å². The van der Waals surface area contributed by atoms with Crippen LogP contribution < -0.4 is 4.90 Å². The van der Waals surface area contributed by atoms with Crippen molar-refractivity contribution in [3.63, 3.8) is 0 Å². The fraction of sp³-hybridized carbons (Fsp3) is 0.353. The molecule has 0 aliphatic carbocycles. The molecule has 0 saturated carbocycles. The van der Waals surface area contributed by atoms with Crippen LogP contribution in [0.2, 0.25) is 0 Å². The Morgan fingerprint density at radius 2 is 1.63 bits per heavy atom. The summed E-state index contributed by atoms with van der Waals surface area (Å²) >= 11 is 0. The molecule has 0 N–H and O–H groups in total. The molecule has 0 unspecified atom stereocenters. The summed E-state index contributed by atoms with van der Waals surface area (Å²) < 4.78 is 2.37. The molecule has 3 rings (SSSR count). The number of nitrogens with zero attached hydrogens (tertiary/aromatic N) is 2. The fourth-order valence-corrected chi connectivity index (χ4v) is 2.81. The van der Waals surface area contributed by atoms with Crippen LogP contribution in [-0.4, -0.2) is 23.0 Å². The molecule has 1 aliphatic heterocycles. The smallest absolute Gasteiger partial charge is 0.231 e. The lowest BCUT2D eigenvalue weighted by molar-refractivity contribution is -0.471. The van der Waals surface area contributed by atoms with Gasteiger partial charge in [0.05, 0.1) is 17.5 Å². The lowest BCUT2D eigenvalue weighted by atomic mass is 10.0. The summed E-state index contributed by atoms with van der Waals surface area (Å²) in [6.45, 7) is 8.95. The van der Waals surface area contributed by atoms with E-state index < -0.39 is 0 Å². The Labute approximate surface area is 115 Å². The highest BCUT2D eigenvalue weighted by Gasteiger charge is 2.28. The highest BCUT2D eigenvalue weighted by atomic mass is 15.2. The van der Waals surface area contributed by atoms with Crippen molar-refractivity contribution in [2.24, 2.45) is 0 Å². The van der Waals surface area contributed by atoms with Gasteiger partial charge in [-0.2, -0.15) is 0 Å². The van der Waals surface area contributed by atoms with E-state index in [1.54, 1.807) is 0 Å². The maximum absolute atomic E-state index is 2.37. The molecule has 2 aromatic carbocycles. The highest BCUT2D eigenvalue weighted by molar-refractivity contribution is 6.06. The third-order valence-electron chi connectivity index (χ3n) is 3.78. The Bertz CT molecular complexity index is 648. The maximum atomic E-state index is 2.37. The molecule has 1 heterocycles. The van der Waals surface area contributed by atoms with E-state index in [9.17, 15) is 0 Å². The lowest BCUT2D eigenvalue weighted by Crippen LogP contribution is -2.37. The first kappa shape index (κ1) is 12.2. The molecule has 0 saturated heterocycles. The molecular formula is C17H21N2+. The minimum Gasteiger partial charge on any atom is -0.231 e. The first-order valence-electron chi connectivity index (χ1n) is 7.03. The van der Waals surface area contributed by atoms with Crippen LogP contribution in [0.25, 0.3) is 10.8 Å². The molecule has 0 aromatic heterocycles. The molecule has 0 radical (unpaired) electrons. The summed E-state index contributed by atoms with van der Waals surface area (Å²) in [6, 6.07) is 14.1. The number of hydrogen-bond donors (Lipinski definition) is 0. The summed E-state index contributed by atoms with van der Waals surface area (Å²) in [5.74, 6) is 0. The van der Waals surface area contributed by atoms with E-state index in [0.717, 1.165) is 0 Å². The van der Waals surface area contributed by atoms with Crippen molar-refractivity contribution in [3.8, 4) is 0 Å². The van der Waals surface area contributed by atoms with Crippen LogP contribution in [0.4, 0.5) is 11.4 Å². The van der Waals surface area contributed by atoms with Crippen LogP contribution >= 0.6 is 0 Å². The second kappa shape index (κ2) is 4.37. The van der Waals surface area contributed by atoms with Crippen molar-refractivity contribution in [2.45, 2.75) is 39.8 Å². The number of anilines is 1. The summed E-state index contributed by atoms with van der Waals surface area (Å²) in [5.41, 5.74) is 2.64. The summed E-state index contributed by atoms with van der Waals surface area (Å²) in [7, 11) is 0. The Morgan fingerprint density at radius 3 is 2.26 bits per heavy atom. The number of benzene rings is 2. The zero-order valence-electron chi connectivity index (χ0n) is 12.1. The monoisotopic (exact) mass is 253 g/mol. The van der Waals surface area contributed by atoms with Gasteiger partial charge >= 0.3 is 0 Å². The van der Waals surface area contributed by atoms with Gasteiger partial charge in [-0.05, 0) is 45.2 Å². The van der Waals surface area contributed by atoms with Crippen LogP contribution in [0.3, 0.4) is 0 Å². The third kappa shape index (κ3) is 1.83. The predicted octanol–water partition coefficient (Wildman–Crippen LogP) is 4.15. The van der Waals surface area contributed by atoms with E-state index in [2.05, 4.69) is 79.9 Å². The first-order valence-corrected chi connectivity index (χ1v) is 7.03. The summed E-state index contributed by atoms with van der Waals surface area (Å²) in [4.78, 5) is 2.37. The average molecular weight is 253 g/mol. The molecule has 2 aromatic rings. The topological polar surface area (TPSA) is 6.25 Å². The van der Waals surface area contributed by atoms with E-state index in [-0.39, 0.29) is 0 Å². The fourth-order valence-electron chi connectivity index (χ4n) is 2.81. The molecule has 0 bridgehead atoms. The van der Waals surface area contributed by atoms with E-state index in [1.165, 1.54) is 22.1 Å². The molecule has 2 heteroatoms. The van der Waals surface area contributed by atoms with Crippen LogP contribution in [0, 0.1) is 0 Å². The van der Waals surface area contributed by atoms with Gasteiger partial charge in [-0.3, -0.25) is 0 Å². The summed E-state index contributed by atoms with van der Waals surface area (Å²) in [6.07, 6.45) is 2.26. The van der Waals surface area contributed by atoms with E-state index in [0.29, 0.717) is 12.1 Å². The zero-order chi connectivity index (χ0) is 13.6. The number of hydrogen-bond acceptors (Lipinski definition) is 1. The van der Waals surface area contributed by atoms with E-state index >= 15 is 0 Å². The molecule has 19 heavy (non-hydrogen) atoms. The lowest BCUT2D eigenvalue weighted by Gasteiger charge is -2.27. The number of rotatable bonds is 2. The molecule has 2 nitrogen and oxygen atoms in total. The van der Waals surface area contributed by atoms with Crippen molar-refractivity contribution in [1.29, 1.82) is 0 Å². The second-order valence-electron chi connectivity index (χ2n) is 5.77. The Balaban J connectivity index is 2.36. The van der Waals surface area contributed by atoms with Crippen molar-refractivity contribution in [3.05, 3.63) is 36.4 Å². The van der Waals surface area contributed by atoms with E-state index in [4.69, 9.17) is 0 Å². The van der Waals surface area contributed by atoms with Crippen molar-refractivity contribution in [2.75, 3.05) is 4.90 Å². The molecule has 98 valence electrons.